The van der Waals surface area contributed by atoms with Gasteiger partial charge in [-0.05, 0) is 53.6 Å². The summed E-state index contributed by atoms with van der Waals surface area (Å²) < 4.78 is 0. The van der Waals surface area contributed by atoms with Crippen LogP contribution in [-0.2, 0) is 0 Å². The van der Waals surface area contributed by atoms with E-state index in [4.69, 9.17) is 0 Å². The second-order valence-electron chi connectivity index (χ2n) is 5.41. The van der Waals surface area contributed by atoms with Crippen LogP contribution in [0.15, 0.2) is 52.3 Å². The van der Waals surface area contributed by atoms with Crippen molar-refractivity contribution < 1.29 is 5.11 Å². The van der Waals surface area contributed by atoms with Crippen LogP contribution in [0.25, 0.3) is 11.1 Å². The zero-order valence-corrected chi connectivity index (χ0v) is 12.1. The van der Waals surface area contributed by atoms with Gasteiger partial charge in [0.15, 0.2) is 0 Å². The highest BCUT2D eigenvalue weighted by molar-refractivity contribution is 7.99. The van der Waals surface area contributed by atoms with Gasteiger partial charge in [-0.25, -0.2) is 0 Å². The number of phenols is 1. The molecule has 0 amide bonds. The normalized spacial score (nSPS) is 17.4. The van der Waals surface area contributed by atoms with Crippen molar-refractivity contribution >= 4 is 22.9 Å². The SMILES string of the molecule is CN1CC2=C(C1)c1cc(O)ccc1Sc1ccccc12. The Morgan fingerprint density at radius 2 is 1.65 bits per heavy atom. The number of phenolic OH excluding ortho intramolecular Hbond substituents is 1. The van der Waals surface area contributed by atoms with Crippen molar-refractivity contribution in [2.24, 2.45) is 0 Å². The topological polar surface area (TPSA) is 23.5 Å². The summed E-state index contributed by atoms with van der Waals surface area (Å²) in [6.07, 6.45) is 0. The molecule has 2 heterocycles. The van der Waals surface area contributed by atoms with Gasteiger partial charge in [0.1, 0.15) is 5.75 Å². The van der Waals surface area contributed by atoms with Gasteiger partial charge in [0.2, 0.25) is 0 Å². The van der Waals surface area contributed by atoms with E-state index in [2.05, 4.69) is 36.2 Å². The van der Waals surface area contributed by atoms with Gasteiger partial charge in [-0.1, -0.05) is 30.0 Å². The van der Waals surface area contributed by atoms with Crippen molar-refractivity contribution in [3.05, 3.63) is 53.6 Å². The van der Waals surface area contributed by atoms with Gasteiger partial charge in [-0.2, -0.15) is 0 Å². The Bertz CT molecular complexity index is 736. The largest absolute Gasteiger partial charge is 0.508 e. The molecule has 0 saturated carbocycles. The van der Waals surface area contributed by atoms with E-state index >= 15 is 0 Å². The second kappa shape index (κ2) is 4.40. The van der Waals surface area contributed by atoms with Gasteiger partial charge in [0.25, 0.3) is 0 Å². The molecule has 2 aliphatic rings. The molecule has 20 heavy (non-hydrogen) atoms. The molecule has 2 nitrogen and oxygen atoms in total. The summed E-state index contributed by atoms with van der Waals surface area (Å²) in [7, 11) is 2.15. The van der Waals surface area contributed by atoms with E-state index < -0.39 is 0 Å². The Morgan fingerprint density at radius 3 is 2.50 bits per heavy atom. The maximum absolute atomic E-state index is 9.84. The minimum absolute atomic E-state index is 0.344. The minimum Gasteiger partial charge on any atom is -0.508 e. The first-order valence-electron chi connectivity index (χ1n) is 6.73. The van der Waals surface area contributed by atoms with Crippen molar-refractivity contribution in [3.63, 3.8) is 0 Å². The molecule has 0 fully saturated rings. The molecule has 2 aromatic carbocycles. The summed E-state index contributed by atoms with van der Waals surface area (Å²) in [5, 5.41) is 9.84. The summed E-state index contributed by atoms with van der Waals surface area (Å²) >= 11 is 1.80. The molecule has 1 N–H and O–H groups in total. The lowest BCUT2D eigenvalue weighted by Gasteiger charge is -2.13. The van der Waals surface area contributed by atoms with Crippen LogP contribution < -0.4 is 0 Å². The molecule has 4 rings (SSSR count). The van der Waals surface area contributed by atoms with Crippen LogP contribution in [0.1, 0.15) is 11.1 Å². The first-order valence-corrected chi connectivity index (χ1v) is 7.55. The summed E-state index contributed by atoms with van der Waals surface area (Å²) in [5.74, 6) is 0.344. The van der Waals surface area contributed by atoms with Crippen LogP contribution in [0.2, 0.25) is 0 Å². The molecule has 2 aromatic rings. The van der Waals surface area contributed by atoms with Crippen LogP contribution in [0.3, 0.4) is 0 Å². The number of hydrogen-bond donors (Lipinski definition) is 1. The molecule has 0 aromatic heterocycles. The third-order valence-corrected chi connectivity index (χ3v) is 5.09. The Kier molecular flexibility index (Phi) is 2.65. The Morgan fingerprint density at radius 1 is 0.950 bits per heavy atom. The molecular formula is C17H15NOS. The minimum atomic E-state index is 0.344. The summed E-state index contributed by atoms with van der Waals surface area (Å²) in [4.78, 5) is 4.86. The molecule has 0 spiro atoms. The van der Waals surface area contributed by atoms with E-state index in [1.165, 1.54) is 32.1 Å². The standard InChI is InChI=1S/C17H15NOS/c1-18-9-14-12-4-2-3-5-16(12)20-17-7-6-11(19)8-13(17)15(14)10-18/h2-8,19H,9-10H2,1H3. The van der Waals surface area contributed by atoms with Crippen molar-refractivity contribution in [1.82, 2.24) is 4.90 Å². The van der Waals surface area contributed by atoms with Gasteiger partial charge in [-0.15, -0.1) is 0 Å². The maximum Gasteiger partial charge on any atom is 0.116 e. The van der Waals surface area contributed by atoms with Crippen LogP contribution in [0, 0.1) is 0 Å². The highest BCUT2D eigenvalue weighted by Gasteiger charge is 2.27. The highest BCUT2D eigenvalue weighted by atomic mass is 32.2. The number of nitrogens with zero attached hydrogens (tertiary/aromatic N) is 1. The highest BCUT2D eigenvalue weighted by Crippen LogP contribution is 2.46. The van der Waals surface area contributed by atoms with E-state index in [0.29, 0.717) is 5.75 Å². The monoisotopic (exact) mass is 281 g/mol. The average molecular weight is 281 g/mol. The lowest BCUT2D eigenvalue weighted by atomic mass is 9.97. The first kappa shape index (κ1) is 12.1. The maximum atomic E-state index is 9.84. The quantitative estimate of drug-likeness (QED) is 0.796. The number of benzene rings is 2. The van der Waals surface area contributed by atoms with Crippen LogP contribution >= 0.6 is 11.8 Å². The fourth-order valence-corrected chi connectivity index (χ4v) is 4.16. The molecular weight excluding hydrogens is 266 g/mol. The number of likely N-dealkylation sites (N-methyl/N-ethyl adjacent to an activating group) is 1. The zero-order chi connectivity index (χ0) is 13.7. The molecule has 2 aliphatic heterocycles. The fourth-order valence-electron chi connectivity index (χ4n) is 3.05. The van der Waals surface area contributed by atoms with E-state index in [0.717, 1.165) is 13.1 Å². The van der Waals surface area contributed by atoms with Crippen LogP contribution in [-0.4, -0.2) is 30.1 Å². The van der Waals surface area contributed by atoms with Gasteiger partial charge < -0.3 is 5.11 Å². The van der Waals surface area contributed by atoms with Gasteiger partial charge >= 0.3 is 0 Å². The molecule has 0 radical (unpaired) electrons. The third-order valence-electron chi connectivity index (χ3n) is 3.94. The van der Waals surface area contributed by atoms with Crippen molar-refractivity contribution in [1.29, 1.82) is 0 Å². The molecule has 0 saturated heterocycles. The molecule has 0 unspecified atom stereocenters. The molecule has 0 aliphatic carbocycles. The number of rotatable bonds is 0. The van der Waals surface area contributed by atoms with Crippen molar-refractivity contribution in [2.75, 3.05) is 20.1 Å². The lowest BCUT2D eigenvalue weighted by molar-refractivity contribution is 0.442. The number of fused-ring (bicyclic) bond motifs is 4. The average Bonchev–Trinajstić information content (AvgIpc) is 2.78. The van der Waals surface area contributed by atoms with E-state index in [1.54, 1.807) is 17.8 Å². The third kappa shape index (κ3) is 1.78. The Hall–Kier alpha value is -1.71. The van der Waals surface area contributed by atoms with Crippen molar-refractivity contribution in [3.8, 4) is 5.75 Å². The van der Waals surface area contributed by atoms with E-state index in [9.17, 15) is 5.11 Å². The van der Waals surface area contributed by atoms with E-state index in [1.807, 2.05) is 12.1 Å². The summed E-state index contributed by atoms with van der Waals surface area (Å²) in [6, 6.07) is 14.3. The predicted octanol–water partition coefficient (Wildman–Crippen LogP) is 3.71. The lowest BCUT2D eigenvalue weighted by Crippen LogP contribution is -2.14. The second-order valence-corrected chi connectivity index (χ2v) is 6.49. The molecule has 3 heteroatoms. The molecule has 100 valence electrons. The van der Waals surface area contributed by atoms with Gasteiger partial charge in [0, 0.05) is 22.9 Å². The van der Waals surface area contributed by atoms with E-state index in [-0.39, 0.29) is 0 Å². The molecule has 0 atom stereocenters. The summed E-state index contributed by atoms with van der Waals surface area (Å²) in [5.41, 5.74) is 5.29. The predicted molar refractivity (Wildman–Crippen MR) is 83.0 cm³/mol. The van der Waals surface area contributed by atoms with Crippen molar-refractivity contribution in [2.45, 2.75) is 9.79 Å². The Balaban J connectivity index is 2.02. The summed E-state index contributed by atoms with van der Waals surface area (Å²) in [6.45, 7) is 1.92. The Labute approximate surface area is 122 Å². The van der Waals surface area contributed by atoms with Gasteiger partial charge in [0.05, 0.1) is 0 Å². The van der Waals surface area contributed by atoms with Gasteiger partial charge in [-0.3, -0.25) is 4.90 Å². The fraction of sp³-hybridized carbons (Fsp3) is 0.176. The number of aromatic hydroxyl groups is 1. The smallest absolute Gasteiger partial charge is 0.116 e. The number of hydrogen-bond acceptors (Lipinski definition) is 3. The van der Waals surface area contributed by atoms with Crippen LogP contribution in [0.5, 0.6) is 5.75 Å². The molecule has 0 bridgehead atoms. The van der Waals surface area contributed by atoms with Crippen LogP contribution in [0.4, 0.5) is 0 Å². The zero-order valence-electron chi connectivity index (χ0n) is 11.3. The first-order chi connectivity index (χ1) is 9.72.